The first-order valence-electron chi connectivity index (χ1n) is 15.2. The van der Waals surface area contributed by atoms with E-state index in [1.807, 2.05) is 23.5 Å². The fraction of sp³-hybridized carbons (Fsp3) is 0. The monoisotopic (exact) mass is 593 g/mol. The highest BCUT2D eigenvalue weighted by Gasteiger charge is 2.20. The Morgan fingerprint density at radius 3 is 1.93 bits per heavy atom. The molecule has 7 aromatic carbocycles. The fourth-order valence-electron chi connectivity index (χ4n) is 6.53. The van der Waals surface area contributed by atoms with Gasteiger partial charge in [0.2, 0.25) is 0 Å². The second kappa shape index (κ2) is 10.5. The van der Waals surface area contributed by atoms with Gasteiger partial charge in [-0.1, -0.05) is 103 Å². The van der Waals surface area contributed by atoms with Crippen LogP contribution in [0.5, 0.6) is 0 Å². The lowest BCUT2D eigenvalue weighted by Gasteiger charge is -2.27. The zero-order valence-corrected chi connectivity index (χ0v) is 25.2. The SMILES string of the molecule is c1ccc(-c2cccc(N(c3ccc(-c4ccc5sc6ccccc6c5c4)cc3)c3cccc4oc5ccccc5c34)c2)cc1. The van der Waals surface area contributed by atoms with Crippen LogP contribution in [0.15, 0.2) is 168 Å². The van der Waals surface area contributed by atoms with E-state index < -0.39 is 0 Å². The predicted octanol–water partition coefficient (Wildman–Crippen LogP) is 12.8. The van der Waals surface area contributed by atoms with Crippen LogP contribution in [0.1, 0.15) is 0 Å². The molecule has 0 N–H and O–H groups in total. The molecule has 0 aliphatic heterocycles. The first-order chi connectivity index (χ1) is 22.3. The van der Waals surface area contributed by atoms with Gasteiger partial charge in [0.15, 0.2) is 0 Å². The number of hydrogen-bond acceptors (Lipinski definition) is 3. The molecule has 9 rings (SSSR count). The first kappa shape index (κ1) is 25.8. The van der Waals surface area contributed by atoms with E-state index in [0.29, 0.717) is 0 Å². The number of rotatable bonds is 5. The molecule has 0 radical (unpaired) electrons. The van der Waals surface area contributed by atoms with E-state index in [0.717, 1.165) is 39.0 Å². The van der Waals surface area contributed by atoms with E-state index in [9.17, 15) is 0 Å². The Balaban J connectivity index is 1.21. The molecule has 212 valence electrons. The van der Waals surface area contributed by atoms with Crippen LogP contribution in [0, 0.1) is 0 Å². The third-order valence-electron chi connectivity index (χ3n) is 8.67. The van der Waals surface area contributed by atoms with Crippen LogP contribution in [0.25, 0.3) is 64.4 Å². The van der Waals surface area contributed by atoms with Gasteiger partial charge >= 0.3 is 0 Å². The van der Waals surface area contributed by atoms with Crippen LogP contribution in [0.4, 0.5) is 17.1 Å². The van der Waals surface area contributed by atoms with Gasteiger partial charge in [0.05, 0.1) is 11.1 Å². The molecule has 45 heavy (non-hydrogen) atoms. The molecule has 0 amide bonds. The average molecular weight is 594 g/mol. The fourth-order valence-corrected chi connectivity index (χ4v) is 7.62. The quantitative estimate of drug-likeness (QED) is 0.197. The number of benzene rings is 7. The van der Waals surface area contributed by atoms with Gasteiger partial charge in [0, 0.05) is 36.9 Å². The lowest BCUT2D eigenvalue weighted by Crippen LogP contribution is -2.10. The molecule has 2 nitrogen and oxygen atoms in total. The molecule has 3 heteroatoms. The third-order valence-corrected chi connectivity index (χ3v) is 9.82. The maximum Gasteiger partial charge on any atom is 0.137 e. The summed E-state index contributed by atoms with van der Waals surface area (Å²) < 4.78 is 8.97. The summed E-state index contributed by atoms with van der Waals surface area (Å²) in [5.41, 5.74) is 9.82. The summed E-state index contributed by atoms with van der Waals surface area (Å²) in [6.07, 6.45) is 0. The largest absolute Gasteiger partial charge is 0.456 e. The minimum atomic E-state index is 0.880. The molecule has 0 saturated carbocycles. The second-order valence-corrected chi connectivity index (χ2v) is 12.4. The summed E-state index contributed by atoms with van der Waals surface area (Å²) in [7, 11) is 0. The number of anilines is 3. The van der Waals surface area contributed by atoms with E-state index in [2.05, 4.69) is 157 Å². The molecule has 2 heterocycles. The van der Waals surface area contributed by atoms with Crippen LogP contribution in [0.2, 0.25) is 0 Å². The number of fused-ring (bicyclic) bond motifs is 6. The molecular weight excluding hydrogens is 567 g/mol. The summed E-state index contributed by atoms with van der Waals surface area (Å²) in [5, 5.41) is 4.85. The Hall–Kier alpha value is -5.64. The summed E-state index contributed by atoms with van der Waals surface area (Å²) >= 11 is 1.85. The summed E-state index contributed by atoms with van der Waals surface area (Å²) in [6, 6.07) is 58.5. The molecule has 9 aromatic rings. The number of thiophene rings is 1. The molecule has 0 saturated heterocycles. The number of para-hydroxylation sites is 1. The van der Waals surface area contributed by atoms with Gasteiger partial charge in [-0.05, 0) is 82.9 Å². The van der Waals surface area contributed by atoms with Gasteiger partial charge in [-0.15, -0.1) is 11.3 Å². The van der Waals surface area contributed by atoms with Crippen molar-refractivity contribution in [3.63, 3.8) is 0 Å². The molecule has 0 fully saturated rings. The minimum absolute atomic E-state index is 0.880. The van der Waals surface area contributed by atoms with Crippen molar-refractivity contribution in [2.24, 2.45) is 0 Å². The van der Waals surface area contributed by atoms with Crippen molar-refractivity contribution in [1.29, 1.82) is 0 Å². The number of nitrogens with zero attached hydrogens (tertiary/aromatic N) is 1. The van der Waals surface area contributed by atoms with Crippen molar-refractivity contribution in [1.82, 2.24) is 0 Å². The lowest BCUT2D eigenvalue weighted by atomic mass is 10.0. The maximum atomic E-state index is 6.32. The van der Waals surface area contributed by atoms with Crippen molar-refractivity contribution < 1.29 is 4.42 Å². The van der Waals surface area contributed by atoms with Gasteiger partial charge in [0.1, 0.15) is 11.2 Å². The number of hydrogen-bond donors (Lipinski definition) is 0. The Labute approximate surface area is 265 Å². The Kier molecular flexibility index (Phi) is 6.03. The molecule has 0 aliphatic carbocycles. The molecule has 0 atom stereocenters. The van der Waals surface area contributed by atoms with Gasteiger partial charge in [-0.2, -0.15) is 0 Å². The van der Waals surface area contributed by atoms with Crippen molar-refractivity contribution in [3.8, 4) is 22.3 Å². The molecular formula is C42H27NOS. The van der Waals surface area contributed by atoms with Crippen LogP contribution >= 0.6 is 11.3 Å². The van der Waals surface area contributed by atoms with Crippen molar-refractivity contribution >= 4 is 70.5 Å². The Bertz CT molecular complexity index is 2490. The maximum absolute atomic E-state index is 6.32. The Morgan fingerprint density at radius 2 is 1.04 bits per heavy atom. The highest BCUT2D eigenvalue weighted by atomic mass is 32.1. The molecule has 0 spiro atoms. The molecule has 0 aliphatic rings. The van der Waals surface area contributed by atoms with Crippen LogP contribution in [0.3, 0.4) is 0 Å². The summed E-state index contributed by atoms with van der Waals surface area (Å²) in [4.78, 5) is 2.36. The van der Waals surface area contributed by atoms with E-state index in [4.69, 9.17) is 4.42 Å². The summed E-state index contributed by atoms with van der Waals surface area (Å²) in [6.45, 7) is 0. The van der Waals surface area contributed by atoms with Crippen molar-refractivity contribution in [2.75, 3.05) is 4.90 Å². The molecule has 0 bridgehead atoms. The van der Waals surface area contributed by atoms with Gasteiger partial charge in [-0.25, -0.2) is 0 Å². The minimum Gasteiger partial charge on any atom is -0.456 e. The third kappa shape index (κ3) is 4.40. The van der Waals surface area contributed by atoms with E-state index >= 15 is 0 Å². The highest BCUT2D eigenvalue weighted by Crippen LogP contribution is 2.44. The predicted molar refractivity (Wildman–Crippen MR) is 192 cm³/mol. The zero-order valence-electron chi connectivity index (χ0n) is 24.4. The van der Waals surface area contributed by atoms with Crippen molar-refractivity contribution in [3.05, 3.63) is 164 Å². The van der Waals surface area contributed by atoms with Crippen LogP contribution < -0.4 is 4.90 Å². The van der Waals surface area contributed by atoms with E-state index in [-0.39, 0.29) is 0 Å². The molecule has 0 unspecified atom stereocenters. The van der Waals surface area contributed by atoms with Gasteiger partial charge in [-0.3, -0.25) is 0 Å². The Morgan fingerprint density at radius 1 is 0.400 bits per heavy atom. The van der Waals surface area contributed by atoms with Gasteiger partial charge in [0.25, 0.3) is 0 Å². The lowest BCUT2D eigenvalue weighted by molar-refractivity contribution is 0.669. The van der Waals surface area contributed by atoms with E-state index in [1.165, 1.54) is 42.4 Å². The molecule has 2 aromatic heterocycles. The smallest absolute Gasteiger partial charge is 0.137 e. The van der Waals surface area contributed by atoms with Crippen molar-refractivity contribution in [2.45, 2.75) is 0 Å². The van der Waals surface area contributed by atoms with Crippen LogP contribution in [-0.2, 0) is 0 Å². The average Bonchev–Trinajstić information content (AvgIpc) is 3.68. The van der Waals surface area contributed by atoms with E-state index in [1.54, 1.807) is 0 Å². The zero-order chi connectivity index (χ0) is 29.7. The first-order valence-corrected chi connectivity index (χ1v) is 16.0. The summed E-state index contributed by atoms with van der Waals surface area (Å²) in [5.74, 6) is 0. The van der Waals surface area contributed by atoms with Crippen LogP contribution in [-0.4, -0.2) is 0 Å². The normalized spacial score (nSPS) is 11.6. The second-order valence-electron chi connectivity index (χ2n) is 11.4. The standard InChI is InChI=1S/C42H27NOS/c1-2-10-28(11-3-1)30-12-8-13-33(26-30)43(37-16-9-18-39-42(37)35-15-4-6-17-38(35)44-39)32-23-20-29(21-24-32)31-22-25-41-36(27-31)34-14-5-7-19-40(34)45-41/h1-27H. The topological polar surface area (TPSA) is 16.4 Å². The number of furan rings is 1. The van der Waals surface area contributed by atoms with Gasteiger partial charge < -0.3 is 9.32 Å². The highest BCUT2D eigenvalue weighted by molar-refractivity contribution is 7.25.